The van der Waals surface area contributed by atoms with E-state index in [1.807, 2.05) is 0 Å². The van der Waals surface area contributed by atoms with Gasteiger partial charge >= 0.3 is 5.97 Å². The number of aliphatic carboxylic acids is 1. The molecule has 2 N–H and O–H groups in total. The number of ether oxygens (including phenoxy) is 1. The van der Waals surface area contributed by atoms with E-state index in [1.54, 1.807) is 26.0 Å². The molecule has 1 aliphatic rings. The molecule has 1 heterocycles. The van der Waals surface area contributed by atoms with Gasteiger partial charge in [-0.3, -0.25) is 4.79 Å². The van der Waals surface area contributed by atoms with E-state index in [0.29, 0.717) is 6.61 Å². The van der Waals surface area contributed by atoms with Crippen LogP contribution in [0.25, 0.3) is 0 Å². The molecule has 0 saturated heterocycles. The van der Waals surface area contributed by atoms with Crippen molar-refractivity contribution < 1.29 is 23.1 Å². The minimum atomic E-state index is -3.70. The maximum Gasteiger partial charge on any atom is 0.303 e. The van der Waals surface area contributed by atoms with Gasteiger partial charge in [-0.2, -0.15) is 0 Å². The molecular weight excluding hydrogens is 306 g/mol. The number of carboxylic acid groups (broad SMARTS) is 1. The zero-order valence-electron chi connectivity index (χ0n) is 12.8. The van der Waals surface area contributed by atoms with Gasteiger partial charge in [-0.05, 0) is 56.9 Å². The van der Waals surface area contributed by atoms with Crippen molar-refractivity contribution in [3.63, 3.8) is 0 Å². The van der Waals surface area contributed by atoms with Crippen molar-refractivity contribution in [3.05, 3.63) is 23.8 Å². The first-order valence-corrected chi connectivity index (χ1v) is 8.69. The summed E-state index contributed by atoms with van der Waals surface area (Å²) >= 11 is 0. The quantitative estimate of drug-likeness (QED) is 0.833. The van der Waals surface area contributed by atoms with Gasteiger partial charge in [0.15, 0.2) is 0 Å². The molecule has 1 aliphatic heterocycles. The third kappa shape index (κ3) is 4.20. The van der Waals surface area contributed by atoms with Crippen LogP contribution in [0.2, 0.25) is 0 Å². The van der Waals surface area contributed by atoms with E-state index < -0.39 is 21.5 Å². The van der Waals surface area contributed by atoms with Gasteiger partial charge in [-0.15, -0.1) is 0 Å². The van der Waals surface area contributed by atoms with Crippen molar-refractivity contribution in [1.29, 1.82) is 0 Å². The summed E-state index contributed by atoms with van der Waals surface area (Å²) in [4.78, 5) is 10.8. The summed E-state index contributed by atoms with van der Waals surface area (Å²) in [5.74, 6) is -0.214. The van der Waals surface area contributed by atoms with Crippen molar-refractivity contribution in [3.8, 4) is 5.75 Å². The summed E-state index contributed by atoms with van der Waals surface area (Å²) in [6.07, 6.45) is 1.79. The van der Waals surface area contributed by atoms with E-state index in [1.165, 1.54) is 6.07 Å². The van der Waals surface area contributed by atoms with Crippen LogP contribution in [0.3, 0.4) is 0 Å². The van der Waals surface area contributed by atoms with Crippen LogP contribution in [0.15, 0.2) is 23.1 Å². The Bertz CT molecular complexity index is 667. The van der Waals surface area contributed by atoms with Gasteiger partial charge in [0, 0.05) is 12.0 Å². The summed E-state index contributed by atoms with van der Waals surface area (Å²) in [6, 6.07) is 4.82. The highest BCUT2D eigenvalue weighted by molar-refractivity contribution is 7.89. The highest BCUT2D eigenvalue weighted by Gasteiger charge is 2.27. The second-order valence-electron chi connectivity index (χ2n) is 6.10. The van der Waals surface area contributed by atoms with Gasteiger partial charge in [-0.1, -0.05) is 0 Å². The van der Waals surface area contributed by atoms with Crippen LogP contribution in [0.1, 0.15) is 38.7 Å². The molecule has 22 heavy (non-hydrogen) atoms. The number of sulfonamides is 1. The molecule has 122 valence electrons. The molecule has 0 amide bonds. The number of carboxylic acids is 1. The van der Waals surface area contributed by atoms with Crippen molar-refractivity contribution in [1.82, 2.24) is 4.72 Å². The molecular formula is C15H21NO5S. The van der Waals surface area contributed by atoms with Crippen LogP contribution in [-0.2, 0) is 21.2 Å². The zero-order valence-corrected chi connectivity index (χ0v) is 13.6. The lowest BCUT2D eigenvalue weighted by atomic mass is 10.0. The molecule has 0 aliphatic carbocycles. The standard InChI is InChI=1S/C15H21NO5S/c1-15(2,8-7-14(17)18)16-22(19,20)12-5-6-13-11(10-12)4-3-9-21-13/h5-6,10,16H,3-4,7-9H2,1-2H3,(H,17,18). The molecule has 0 fully saturated rings. The van der Waals surface area contributed by atoms with Crippen LogP contribution in [0.5, 0.6) is 5.75 Å². The lowest BCUT2D eigenvalue weighted by Crippen LogP contribution is -2.43. The Morgan fingerprint density at radius 1 is 1.41 bits per heavy atom. The van der Waals surface area contributed by atoms with Crippen LogP contribution >= 0.6 is 0 Å². The minimum absolute atomic E-state index is 0.0897. The summed E-state index contributed by atoms with van der Waals surface area (Å²) in [7, 11) is -3.70. The zero-order chi connectivity index (χ0) is 16.4. The molecule has 1 aromatic carbocycles. The van der Waals surface area contributed by atoms with E-state index >= 15 is 0 Å². The number of hydrogen-bond donors (Lipinski definition) is 2. The molecule has 0 radical (unpaired) electrons. The molecule has 0 spiro atoms. The van der Waals surface area contributed by atoms with Crippen molar-refractivity contribution in [2.75, 3.05) is 6.61 Å². The number of nitrogens with one attached hydrogen (secondary N) is 1. The first-order chi connectivity index (χ1) is 10.2. The number of benzene rings is 1. The summed E-state index contributed by atoms with van der Waals surface area (Å²) in [6.45, 7) is 4.00. The van der Waals surface area contributed by atoms with Crippen LogP contribution in [0.4, 0.5) is 0 Å². The summed E-state index contributed by atoms with van der Waals surface area (Å²) < 4.78 is 33.0. The predicted octanol–water partition coefficient (Wildman–Crippen LogP) is 1.93. The molecule has 7 heteroatoms. The highest BCUT2D eigenvalue weighted by Crippen LogP contribution is 2.28. The normalized spacial score (nSPS) is 15.0. The van der Waals surface area contributed by atoms with Gasteiger partial charge in [0.25, 0.3) is 0 Å². The monoisotopic (exact) mass is 327 g/mol. The number of aryl methyl sites for hydroxylation is 1. The van der Waals surface area contributed by atoms with E-state index in [4.69, 9.17) is 9.84 Å². The first kappa shape index (κ1) is 16.8. The predicted molar refractivity (Wildman–Crippen MR) is 81.5 cm³/mol. The largest absolute Gasteiger partial charge is 0.493 e. The topological polar surface area (TPSA) is 92.7 Å². The van der Waals surface area contributed by atoms with Gasteiger partial charge in [-0.25, -0.2) is 13.1 Å². The van der Waals surface area contributed by atoms with E-state index in [2.05, 4.69) is 4.72 Å². The van der Waals surface area contributed by atoms with E-state index in [-0.39, 0.29) is 17.7 Å². The van der Waals surface area contributed by atoms with Gasteiger partial charge in [0.05, 0.1) is 11.5 Å². The molecule has 2 rings (SSSR count). The second kappa shape index (κ2) is 6.26. The number of carbonyl (C=O) groups is 1. The Kier molecular flexibility index (Phi) is 4.77. The fourth-order valence-electron chi connectivity index (χ4n) is 2.40. The van der Waals surface area contributed by atoms with Crippen LogP contribution in [-0.4, -0.2) is 31.6 Å². The van der Waals surface area contributed by atoms with Crippen molar-refractivity contribution in [2.24, 2.45) is 0 Å². The average molecular weight is 327 g/mol. The smallest absolute Gasteiger partial charge is 0.303 e. The van der Waals surface area contributed by atoms with E-state index in [0.717, 1.165) is 24.2 Å². The second-order valence-corrected chi connectivity index (χ2v) is 7.79. The molecule has 0 aromatic heterocycles. The first-order valence-electron chi connectivity index (χ1n) is 7.21. The lowest BCUT2D eigenvalue weighted by molar-refractivity contribution is -0.137. The third-order valence-corrected chi connectivity index (χ3v) is 5.26. The lowest BCUT2D eigenvalue weighted by Gasteiger charge is -2.26. The number of rotatable bonds is 6. The Morgan fingerprint density at radius 3 is 2.82 bits per heavy atom. The van der Waals surface area contributed by atoms with Crippen LogP contribution < -0.4 is 9.46 Å². The summed E-state index contributed by atoms with van der Waals surface area (Å²) in [5.41, 5.74) is 0.0568. The molecule has 0 atom stereocenters. The molecule has 0 saturated carbocycles. The Morgan fingerprint density at radius 2 is 2.14 bits per heavy atom. The minimum Gasteiger partial charge on any atom is -0.493 e. The number of fused-ring (bicyclic) bond motifs is 1. The van der Waals surface area contributed by atoms with Crippen molar-refractivity contribution >= 4 is 16.0 Å². The Balaban J connectivity index is 2.17. The third-order valence-electron chi connectivity index (χ3n) is 3.56. The van der Waals surface area contributed by atoms with Gasteiger partial charge < -0.3 is 9.84 Å². The van der Waals surface area contributed by atoms with Crippen LogP contribution in [0, 0.1) is 0 Å². The molecule has 1 aromatic rings. The maximum absolute atomic E-state index is 12.5. The molecule has 0 bridgehead atoms. The SMILES string of the molecule is CC(C)(CCC(=O)O)NS(=O)(=O)c1ccc2c(c1)CCCO2. The Hall–Kier alpha value is -1.60. The van der Waals surface area contributed by atoms with Gasteiger partial charge in [0.2, 0.25) is 10.0 Å². The molecule has 6 nitrogen and oxygen atoms in total. The van der Waals surface area contributed by atoms with E-state index in [9.17, 15) is 13.2 Å². The molecule has 0 unspecified atom stereocenters. The summed E-state index contributed by atoms with van der Waals surface area (Å²) in [5, 5.41) is 8.73. The van der Waals surface area contributed by atoms with Crippen molar-refractivity contribution in [2.45, 2.75) is 50.0 Å². The van der Waals surface area contributed by atoms with Gasteiger partial charge in [0.1, 0.15) is 5.75 Å². The average Bonchev–Trinajstić information content (AvgIpc) is 2.44. The fourth-order valence-corrected chi connectivity index (χ4v) is 3.89. The maximum atomic E-state index is 12.5. The number of hydrogen-bond acceptors (Lipinski definition) is 4. The highest BCUT2D eigenvalue weighted by atomic mass is 32.2. The fraction of sp³-hybridized carbons (Fsp3) is 0.533. The Labute approximate surface area is 130 Å².